The van der Waals surface area contributed by atoms with Gasteiger partial charge >= 0.3 is 0 Å². The standard InChI is InChI=1S/C9H19N3O2/c1-4-5-12(6-8(10)13)7-9(14)11(2)3/h4-7H2,1-3H3,(H2,10,13). The molecule has 0 bridgehead atoms. The van der Waals surface area contributed by atoms with E-state index < -0.39 is 5.91 Å². The number of carbonyl (C=O) groups excluding carboxylic acids is 2. The molecule has 0 aliphatic rings. The molecular weight excluding hydrogens is 182 g/mol. The molecule has 14 heavy (non-hydrogen) atoms. The summed E-state index contributed by atoms with van der Waals surface area (Å²) in [6.07, 6.45) is 0.897. The Hall–Kier alpha value is -1.10. The van der Waals surface area contributed by atoms with Gasteiger partial charge in [0, 0.05) is 14.1 Å². The van der Waals surface area contributed by atoms with Gasteiger partial charge in [-0.3, -0.25) is 14.5 Å². The fourth-order valence-corrected chi connectivity index (χ4v) is 1.08. The van der Waals surface area contributed by atoms with Gasteiger partial charge in [-0.1, -0.05) is 6.92 Å². The van der Waals surface area contributed by atoms with Gasteiger partial charge in [0.2, 0.25) is 11.8 Å². The maximum absolute atomic E-state index is 11.3. The predicted octanol–water partition coefficient (Wildman–Crippen LogP) is -0.728. The number of amides is 2. The van der Waals surface area contributed by atoms with Crippen LogP contribution in [0.25, 0.3) is 0 Å². The van der Waals surface area contributed by atoms with Crippen LogP contribution in [-0.2, 0) is 9.59 Å². The molecule has 0 aliphatic heterocycles. The molecule has 0 fully saturated rings. The van der Waals surface area contributed by atoms with Gasteiger partial charge < -0.3 is 10.6 Å². The summed E-state index contributed by atoms with van der Waals surface area (Å²) in [6.45, 7) is 3.11. The van der Waals surface area contributed by atoms with Crippen molar-refractivity contribution in [1.82, 2.24) is 9.80 Å². The number of hydrogen-bond acceptors (Lipinski definition) is 3. The Labute approximate surface area is 84.8 Å². The molecule has 0 saturated carbocycles. The predicted molar refractivity (Wildman–Crippen MR) is 54.6 cm³/mol. The Kier molecular flexibility index (Phi) is 5.87. The van der Waals surface area contributed by atoms with Gasteiger partial charge in [-0.2, -0.15) is 0 Å². The van der Waals surface area contributed by atoms with Gasteiger partial charge in [0.15, 0.2) is 0 Å². The van der Waals surface area contributed by atoms with E-state index in [0.29, 0.717) is 6.54 Å². The van der Waals surface area contributed by atoms with E-state index in [9.17, 15) is 9.59 Å². The van der Waals surface area contributed by atoms with Crippen LogP contribution in [0.5, 0.6) is 0 Å². The zero-order valence-electron chi connectivity index (χ0n) is 9.12. The van der Waals surface area contributed by atoms with E-state index in [1.165, 1.54) is 4.90 Å². The average Bonchev–Trinajstić information content (AvgIpc) is 2.02. The molecule has 82 valence electrons. The molecule has 0 aromatic heterocycles. The van der Waals surface area contributed by atoms with E-state index >= 15 is 0 Å². The number of hydrogen-bond donors (Lipinski definition) is 1. The lowest BCUT2D eigenvalue weighted by Gasteiger charge is -2.21. The summed E-state index contributed by atoms with van der Waals surface area (Å²) >= 11 is 0. The van der Waals surface area contributed by atoms with Crippen molar-refractivity contribution in [1.29, 1.82) is 0 Å². The van der Waals surface area contributed by atoms with Crippen molar-refractivity contribution < 1.29 is 9.59 Å². The summed E-state index contributed by atoms with van der Waals surface area (Å²) in [4.78, 5) is 25.3. The molecule has 0 atom stereocenters. The normalized spacial score (nSPS) is 10.3. The third-order valence-corrected chi connectivity index (χ3v) is 1.78. The van der Waals surface area contributed by atoms with Gasteiger partial charge in [-0.25, -0.2) is 0 Å². The monoisotopic (exact) mass is 201 g/mol. The molecule has 0 aromatic rings. The molecule has 2 amide bonds. The minimum absolute atomic E-state index is 0.0142. The first-order chi connectivity index (χ1) is 6.47. The summed E-state index contributed by atoms with van der Waals surface area (Å²) in [6, 6.07) is 0. The van der Waals surface area contributed by atoms with Crippen LogP contribution >= 0.6 is 0 Å². The molecule has 5 nitrogen and oxygen atoms in total. The van der Waals surface area contributed by atoms with Crippen molar-refractivity contribution in [2.24, 2.45) is 5.73 Å². The van der Waals surface area contributed by atoms with Crippen molar-refractivity contribution in [2.45, 2.75) is 13.3 Å². The second kappa shape index (κ2) is 6.37. The van der Waals surface area contributed by atoms with E-state index in [1.807, 2.05) is 6.92 Å². The highest BCUT2D eigenvalue weighted by molar-refractivity contribution is 5.80. The van der Waals surface area contributed by atoms with Gasteiger partial charge in [0.05, 0.1) is 13.1 Å². The number of nitrogens with zero attached hydrogens (tertiary/aromatic N) is 2. The first-order valence-electron chi connectivity index (χ1n) is 4.68. The van der Waals surface area contributed by atoms with Crippen LogP contribution in [0, 0.1) is 0 Å². The SMILES string of the molecule is CCCN(CC(N)=O)CC(=O)N(C)C. The zero-order chi connectivity index (χ0) is 11.1. The van der Waals surface area contributed by atoms with Gasteiger partial charge in [0.1, 0.15) is 0 Å². The van der Waals surface area contributed by atoms with Crippen LogP contribution in [0.2, 0.25) is 0 Å². The fourth-order valence-electron chi connectivity index (χ4n) is 1.08. The number of nitrogens with two attached hydrogens (primary N) is 1. The summed E-state index contributed by atoms with van der Waals surface area (Å²) in [5.74, 6) is -0.412. The third-order valence-electron chi connectivity index (χ3n) is 1.78. The van der Waals surface area contributed by atoms with Crippen LogP contribution in [-0.4, -0.2) is 55.3 Å². The molecule has 5 heteroatoms. The minimum atomic E-state index is -0.398. The number of likely N-dealkylation sites (N-methyl/N-ethyl adjacent to an activating group) is 1. The molecule has 0 unspecified atom stereocenters. The zero-order valence-corrected chi connectivity index (χ0v) is 9.12. The first kappa shape index (κ1) is 12.9. The lowest BCUT2D eigenvalue weighted by atomic mass is 10.3. The molecule has 0 spiro atoms. The van der Waals surface area contributed by atoms with Crippen LogP contribution in [0.1, 0.15) is 13.3 Å². The summed E-state index contributed by atoms with van der Waals surface area (Å²) in [7, 11) is 3.38. The Morgan fingerprint density at radius 3 is 2.14 bits per heavy atom. The Bertz CT molecular complexity index is 204. The Morgan fingerprint density at radius 1 is 1.21 bits per heavy atom. The quantitative estimate of drug-likeness (QED) is 0.616. The van der Waals surface area contributed by atoms with Crippen molar-refractivity contribution in [3.05, 3.63) is 0 Å². The lowest BCUT2D eigenvalue weighted by Crippen LogP contribution is -2.41. The van der Waals surface area contributed by atoms with E-state index in [-0.39, 0.29) is 19.0 Å². The molecule has 0 radical (unpaired) electrons. The molecular formula is C9H19N3O2. The molecule has 0 aromatic carbocycles. The number of primary amides is 1. The van der Waals surface area contributed by atoms with Crippen LogP contribution in [0.15, 0.2) is 0 Å². The molecule has 0 saturated heterocycles. The molecule has 0 rings (SSSR count). The van der Waals surface area contributed by atoms with Crippen LogP contribution < -0.4 is 5.73 Å². The highest BCUT2D eigenvalue weighted by Crippen LogP contribution is 1.92. The van der Waals surface area contributed by atoms with Gasteiger partial charge in [0.25, 0.3) is 0 Å². The smallest absolute Gasteiger partial charge is 0.236 e. The highest BCUT2D eigenvalue weighted by Gasteiger charge is 2.12. The summed E-state index contributed by atoms with van der Waals surface area (Å²) < 4.78 is 0. The molecule has 0 aliphatic carbocycles. The van der Waals surface area contributed by atoms with Crippen molar-refractivity contribution in [3.8, 4) is 0 Å². The van der Waals surface area contributed by atoms with Crippen molar-refractivity contribution >= 4 is 11.8 Å². The van der Waals surface area contributed by atoms with E-state index in [4.69, 9.17) is 5.73 Å². The second-order valence-corrected chi connectivity index (χ2v) is 3.47. The Balaban J connectivity index is 4.08. The lowest BCUT2D eigenvalue weighted by molar-refractivity contribution is -0.130. The summed E-state index contributed by atoms with van der Waals surface area (Å²) in [5, 5.41) is 0. The van der Waals surface area contributed by atoms with Crippen LogP contribution in [0.4, 0.5) is 0 Å². The first-order valence-corrected chi connectivity index (χ1v) is 4.68. The topological polar surface area (TPSA) is 66.6 Å². The van der Waals surface area contributed by atoms with Crippen molar-refractivity contribution in [3.63, 3.8) is 0 Å². The van der Waals surface area contributed by atoms with Crippen molar-refractivity contribution in [2.75, 3.05) is 33.7 Å². The maximum atomic E-state index is 11.3. The highest BCUT2D eigenvalue weighted by atomic mass is 16.2. The van der Waals surface area contributed by atoms with Gasteiger partial charge in [-0.05, 0) is 13.0 Å². The number of carbonyl (C=O) groups is 2. The van der Waals surface area contributed by atoms with E-state index in [0.717, 1.165) is 6.42 Å². The fraction of sp³-hybridized carbons (Fsp3) is 0.778. The van der Waals surface area contributed by atoms with E-state index in [1.54, 1.807) is 19.0 Å². The van der Waals surface area contributed by atoms with Gasteiger partial charge in [-0.15, -0.1) is 0 Å². The maximum Gasteiger partial charge on any atom is 0.236 e. The van der Waals surface area contributed by atoms with Crippen LogP contribution in [0.3, 0.4) is 0 Å². The minimum Gasteiger partial charge on any atom is -0.369 e. The van der Waals surface area contributed by atoms with E-state index in [2.05, 4.69) is 0 Å². The second-order valence-electron chi connectivity index (χ2n) is 3.47. The molecule has 0 heterocycles. The average molecular weight is 201 g/mol. The summed E-state index contributed by atoms with van der Waals surface area (Å²) in [5.41, 5.74) is 5.07. The molecule has 2 N–H and O–H groups in total. The Morgan fingerprint density at radius 2 is 1.79 bits per heavy atom. The number of rotatable bonds is 6. The third kappa shape index (κ3) is 5.53. The largest absolute Gasteiger partial charge is 0.369 e.